The molecule has 0 bridgehead atoms. The number of halogens is 1. The van der Waals surface area contributed by atoms with Crippen molar-refractivity contribution >= 4 is 33.3 Å². The second kappa shape index (κ2) is 5.85. The fraction of sp³-hybridized carbons (Fsp3) is 0.500. The molecule has 21 heavy (non-hydrogen) atoms. The summed E-state index contributed by atoms with van der Waals surface area (Å²) in [6.07, 6.45) is 0.857. The number of anilines is 1. The zero-order chi connectivity index (χ0) is 15.7. The Balaban J connectivity index is 2.41. The van der Waals surface area contributed by atoms with Crippen LogP contribution in [0.15, 0.2) is 24.3 Å². The molecule has 2 rings (SSSR count). The van der Waals surface area contributed by atoms with Gasteiger partial charge in [-0.3, -0.25) is 9.10 Å². The minimum atomic E-state index is -3.84. The molecule has 1 atom stereocenters. The molecule has 1 fully saturated rings. The van der Waals surface area contributed by atoms with Crippen LogP contribution in [0.2, 0.25) is 5.02 Å². The van der Waals surface area contributed by atoms with E-state index >= 15 is 0 Å². The smallest absolute Gasteiger partial charge is 0.329 e. The zero-order valence-corrected chi connectivity index (χ0v) is 13.6. The molecule has 1 unspecified atom stereocenters. The van der Waals surface area contributed by atoms with E-state index in [0.717, 1.165) is 0 Å². The number of rotatable bonds is 3. The molecular formula is C14H18ClNO4S. The number of carbonyl (C=O) groups excluding carboxylic acids is 1. The lowest BCUT2D eigenvalue weighted by Gasteiger charge is -2.38. The van der Waals surface area contributed by atoms with Crippen LogP contribution in [-0.4, -0.2) is 32.3 Å². The van der Waals surface area contributed by atoms with Crippen molar-refractivity contribution in [2.45, 2.75) is 31.4 Å². The molecule has 0 aliphatic carbocycles. The van der Waals surface area contributed by atoms with Crippen molar-refractivity contribution < 1.29 is 17.9 Å². The first-order valence-electron chi connectivity index (χ1n) is 6.78. The molecule has 1 heterocycles. The van der Waals surface area contributed by atoms with Crippen LogP contribution < -0.4 is 4.31 Å². The molecule has 0 radical (unpaired) electrons. The minimum absolute atomic E-state index is 0.158. The van der Waals surface area contributed by atoms with Gasteiger partial charge < -0.3 is 4.74 Å². The molecule has 1 aromatic rings. The lowest BCUT2D eigenvalue weighted by molar-refractivity contribution is -0.146. The van der Waals surface area contributed by atoms with Gasteiger partial charge in [-0.05, 0) is 51.0 Å². The summed E-state index contributed by atoms with van der Waals surface area (Å²) in [4.78, 5) is 12.1. The van der Waals surface area contributed by atoms with Gasteiger partial charge in [-0.15, -0.1) is 0 Å². The molecular weight excluding hydrogens is 314 g/mol. The highest BCUT2D eigenvalue weighted by molar-refractivity contribution is 7.95. The number of carbonyl (C=O) groups is 1. The van der Waals surface area contributed by atoms with Crippen molar-refractivity contribution in [1.29, 1.82) is 0 Å². The normalized spacial score (nSPS) is 24.6. The van der Waals surface area contributed by atoms with Crippen LogP contribution in [0, 0.1) is 0 Å². The topological polar surface area (TPSA) is 63.7 Å². The predicted molar refractivity (Wildman–Crippen MR) is 82.0 cm³/mol. The lowest BCUT2D eigenvalue weighted by Crippen LogP contribution is -2.56. The van der Waals surface area contributed by atoms with Gasteiger partial charge in [0.15, 0.2) is 4.75 Å². The number of esters is 1. The van der Waals surface area contributed by atoms with Gasteiger partial charge in [0.25, 0.3) is 10.0 Å². The highest BCUT2D eigenvalue weighted by Crippen LogP contribution is 2.36. The van der Waals surface area contributed by atoms with Crippen LogP contribution in [0.5, 0.6) is 0 Å². The monoisotopic (exact) mass is 331 g/mol. The Morgan fingerprint density at radius 3 is 2.57 bits per heavy atom. The van der Waals surface area contributed by atoms with Gasteiger partial charge in [0, 0.05) is 11.6 Å². The number of sulfonamides is 1. The van der Waals surface area contributed by atoms with Crippen LogP contribution in [-0.2, 0) is 19.6 Å². The molecule has 1 saturated heterocycles. The molecule has 0 saturated carbocycles. The van der Waals surface area contributed by atoms with Crippen molar-refractivity contribution in [3.05, 3.63) is 29.3 Å². The highest BCUT2D eigenvalue weighted by Gasteiger charge is 2.53. The number of benzene rings is 1. The molecule has 0 aromatic heterocycles. The largest absolute Gasteiger partial charge is 0.465 e. The number of hydrogen-bond acceptors (Lipinski definition) is 4. The van der Waals surface area contributed by atoms with Crippen LogP contribution in [0.25, 0.3) is 0 Å². The van der Waals surface area contributed by atoms with E-state index in [1.165, 1.54) is 11.2 Å². The third kappa shape index (κ3) is 2.74. The van der Waals surface area contributed by atoms with Crippen molar-refractivity contribution in [2.24, 2.45) is 0 Å². The lowest BCUT2D eigenvalue weighted by atomic mass is 10.0. The zero-order valence-electron chi connectivity index (χ0n) is 12.0. The Morgan fingerprint density at radius 1 is 1.38 bits per heavy atom. The summed E-state index contributed by atoms with van der Waals surface area (Å²) in [6.45, 7) is 3.60. The average molecular weight is 332 g/mol. The first-order valence-corrected chi connectivity index (χ1v) is 8.60. The Morgan fingerprint density at radius 2 is 2.00 bits per heavy atom. The van der Waals surface area contributed by atoms with E-state index < -0.39 is 20.7 Å². The van der Waals surface area contributed by atoms with E-state index in [-0.39, 0.29) is 13.0 Å². The molecule has 0 amide bonds. The summed E-state index contributed by atoms with van der Waals surface area (Å²) in [5.41, 5.74) is 0.509. The summed E-state index contributed by atoms with van der Waals surface area (Å²) < 4.78 is 30.3. The summed E-state index contributed by atoms with van der Waals surface area (Å²) >= 11 is 5.83. The highest BCUT2D eigenvalue weighted by atomic mass is 35.5. The van der Waals surface area contributed by atoms with Crippen molar-refractivity contribution in [2.75, 3.05) is 17.5 Å². The second-order valence-electron chi connectivity index (χ2n) is 5.11. The van der Waals surface area contributed by atoms with E-state index in [9.17, 15) is 13.2 Å². The van der Waals surface area contributed by atoms with E-state index in [1.54, 1.807) is 31.2 Å². The second-order valence-corrected chi connectivity index (χ2v) is 7.84. The van der Waals surface area contributed by atoms with Crippen LogP contribution in [0.4, 0.5) is 5.69 Å². The van der Waals surface area contributed by atoms with E-state index in [2.05, 4.69) is 0 Å². The maximum Gasteiger partial charge on any atom is 0.329 e. The molecule has 1 aliphatic heterocycles. The van der Waals surface area contributed by atoms with E-state index in [0.29, 0.717) is 23.7 Å². The number of ether oxygens (including phenoxy) is 1. The van der Waals surface area contributed by atoms with Gasteiger partial charge in [0.05, 0.1) is 12.3 Å². The van der Waals surface area contributed by atoms with Gasteiger partial charge in [-0.1, -0.05) is 11.6 Å². The first kappa shape index (κ1) is 16.1. The summed E-state index contributed by atoms with van der Waals surface area (Å²) in [5, 5.41) is 0.529. The summed E-state index contributed by atoms with van der Waals surface area (Å²) in [7, 11) is -3.84. The van der Waals surface area contributed by atoms with Crippen LogP contribution >= 0.6 is 11.6 Å². The third-order valence-electron chi connectivity index (χ3n) is 3.70. The standard InChI is InChI=1S/C14H18ClNO4S/c1-3-20-13(17)14(2)9-4-10-16(21(14,18)19)12-7-5-11(15)6-8-12/h5-8H,3-4,9-10H2,1-2H3. The Kier molecular flexibility index (Phi) is 4.49. The first-order chi connectivity index (χ1) is 9.83. The van der Waals surface area contributed by atoms with Crippen LogP contribution in [0.1, 0.15) is 26.7 Å². The van der Waals surface area contributed by atoms with E-state index in [1.807, 2.05) is 0 Å². The number of hydrogen-bond donors (Lipinski definition) is 0. The van der Waals surface area contributed by atoms with Gasteiger partial charge in [0.1, 0.15) is 0 Å². The van der Waals surface area contributed by atoms with Gasteiger partial charge in [-0.25, -0.2) is 8.42 Å². The summed E-state index contributed by atoms with van der Waals surface area (Å²) in [6, 6.07) is 6.53. The fourth-order valence-electron chi connectivity index (χ4n) is 2.42. The predicted octanol–water partition coefficient (Wildman–Crippen LogP) is 2.59. The maximum absolute atomic E-state index is 12.8. The Bertz CT molecular complexity index is 629. The third-order valence-corrected chi connectivity index (χ3v) is 6.43. The van der Waals surface area contributed by atoms with Crippen molar-refractivity contribution in [1.82, 2.24) is 0 Å². The van der Waals surface area contributed by atoms with Crippen molar-refractivity contribution in [3.63, 3.8) is 0 Å². The molecule has 0 N–H and O–H groups in total. The maximum atomic E-state index is 12.8. The molecule has 5 nitrogen and oxygen atoms in total. The van der Waals surface area contributed by atoms with E-state index in [4.69, 9.17) is 16.3 Å². The molecule has 0 spiro atoms. The Labute approximate surface area is 129 Å². The Hall–Kier alpha value is -1.27. The van der Waals surface area contributed by atoms with Gasteiger partial charge >= 0.3 is 5.97 Å². The fourth-order valence-corrected chi connectivity index (χ4v) is 4.47. The number of nitrogens with zero attached hydrogens (tertiary/aromatic N) is 1. The van der Waals surface area contributed by atoms with Gasteiger partial charge in [-0.2, -0.15) is 0 Å². The quantitative estimate of drug-likeness (QED) is 0.799. The SMILES string of the molecule is CCOC(=O)C1(C)CCCN(c2ccc(Cl)cc2)S1(=O)=O. The molecule has 116 valence electrons. The van der Waals surface area contributed by atoms with Gasteiger partial charge in [0.2, 0.25) is 0 Å². The molecule has 1 aliphatic rings. The van der Waals surface area contributed by atoms with Crippen molar-refractivity contribution in [3.8, 4) is 0 Å². The average Bonchev–Trinajstić information content (AvgIpc) is 2.43. The molecule has 1 aromatic carbocycles. The minimum Gasteiger partial charge on any atom is -0.465 e. The summed E-state index contributed by atoms with van der Waals surface area (Å²) in [5.74, 6) is -0.691. The van der Waals surface area contributed by atoms with Crippen LogP contribution in [0.3, 0.4) is 0 Å². The molecule has 7 heteroatoms.